The molecule has 0 saturated carbocycles. The number of para-hydroxylation sites is 1. The van der Waals surface area contributed by atoms with Crippen LogP contribution in [0.4, 0.5) is 14.5 Å². The van der Waals surface area contributed by atoms with Crippen molar-refractivity contribution < 1.29 is 26.7 Å². The summed E-state index contributed by atoms with van der Waals surface area (Å²) in [6, 6.07) is 7.82. The number of hydrogen-bond donors (Lipinski definition) is 1. The van der Waals surface area contributed by atoms with Crippen LogP contribution in [0.5, 0.6) is 5.75 Å². The summed E-state index contributed by atoms with van der Waals surface area (Å²) in [7, 11) is -2.16. The SMILES string of the molecule is COc1ccc(S(=O)(=O)N2CCCC2)cc1CCC(=O)Nc1c(F)cccc1F. The van der Waals surface area contributed by atoms with Gasteiger partial charge in [-0.15, -0.1) is 0 Å². The summed E-state index contributed by atoms with van der Waals surface area (Å²) >= 11 is 0. The van der Waals surface area contributed by atoms with Crippen LogP contribution < -0.4 is 10.1 Å². The van der Waals surface area contributed by atoms with E-state index in [1.807, 2.05) is 0 Å². The molecule has 0 aliphatic carbocycles. The molecule has 29 heavy (non-hydrogen) atoms. The number of carbonyl (C=O) groups is 1. The Hall–Kier alpha value is -2.52. The molecule has 6 nitrogen and oxygen atoms in total. The highest BCUT2D eigenvalue weighted by Crippen LogP contribution is 2.27. The van der Waals surface area contributed by atoms with Crippen molar-refractivity contribution in [2.75, 3.05) is 25.5 Å². The number of methoxy groups -OCH3 is 1. The Morgan fingerprint density at radius 1 is 1.14 bits per heavy atom. The van der Waals surface area contributed by atoms with Crippen molar-refractivity contribution in [3.8, 4) is 5.75 Å². The third-order valence-corrected chi connectivity index (χ3v) is 6.70. The lowest BCUT2D eigenvalue weighted by Gasteiger charge is -2.17. The lowest BCUT2D eigenvalue weighted by atomic mass is 10.1. The molecule has 9 heteroatoms. The van der Waals surface area contributed by atoms with E-state index in [9.17, 15) is 22.0 Å². The number of anilines is 1. The number of aryl methyl sites for hydroxylation is 1. The molecule has 3 rings (SSSR count). The molecule has 0 atom stereocenters. The van der Waals surface area contributed by atoms with E-state index in [-0.39, 0.29) is 17.7 Å². The summed E-state index contributed by atoms with van der Waals surface area (Å²) < 4.78 is 59.6. The fourth-order valence-electron chi connectivity index (χ4n) is 3.26. The second-order valence-electron chi connectivity index (χ2n) is 6.73. The summed E-state index contributed by atoms with van der Waals surface area (Å²) in [6.07, 6.45) is 1.70. The molecular weight excluding hydrogens is 402 g/mol. The smallest absolute Gasteiger partial charge is 0.243 e. The lowest BCUT2D eigenvalue weighted by Crippen LogP contribution is -2.28. The zero-order valence-electron chi connectivity index (χ0n) is 16.0. The van der Waals surface area contributed by atoms with Gasteiger partial charge in [-0.25, -0.2) is 17.2 Å². The van der Waals surface area contributed by atoms with Crippen LogP contribution in [-0.2, 0) is 21.2 Å². The van der Waals surface area contributed by atoms with E-state index in [4.69, 9.17) is 4.74 Å². The van der Waals surface area contributed by atoms with Gasteiger partial charge in [0.25, 0.3) is 0 Å². The number of ether oxygens (including phenoxy) is 1. The van der Waals surface area contributed by atoms with Crippen LogP contribution in [0, 0.1) is 11.6 Å². The maximum Gasteiger partial charge on any atom is 0.243 e. The zero-order chi connectivity index (χ0) is 21.0. The number of rotatable bonds is 7. The minimum absolute atomic E-state index is 0.0999. The second kappa shape index (κ2) is 8.87. The van der Waals surface area contributed by atoms with E-state index in [0.29, 0.717) is 24.4 Å². The van der Waals surface area contributed by atoms with Gasteiger partial charge in [-0.1, -0.05) is 6.07 Å². The molecule has 0 spiro atoms. The molecule has 1 fully saturated rings. The molecule has 2 aromatic rings. The van der Waals surface area contributed by atoms with Crippen molar-refractivity contribution in [2.45, 2.75) is 30.6 Å². The largest absolute Gasteiger partial charge is 0.496 e. The van der Waals surface area contributed by atoms with Gasteiger partial charge in [0.05, 0.1) is 12.0 Å². The van der Waals surface area contributed by atoms with Gasteiger partial charge < -0.3 is 10.1 Å². The highest BCUT2D eigenvalue weighted by Gasteiger charge is 2.27. The van der Waals surface area contributed by atoms with Gasteiger partial charge in [-0.05, 0) is 55.2 Å². The normalized spacial score (nSPS) is 14.7. The second-order valence-corrected chi connectivity index (χ2v) is 8.67. The molecule has 0 bridgehead atoms. The molecule has 1 N–H and O–H groups in total. The van der Waals surface area contributed by atoms with Gasteiger partial charge in [0, 0.05) is 19.5 Å². The van der Waals surface area contributed by atoms with Crippen LogP contribution >= 0.6 is 0 Å². The minimum atomic E-state index is -3.61. The first-order valence-electron chi connectivity index (χ1n) is 9.24. The Morgan fingerprint density at radius 3 is 2.41 bits per heavy atom. The number of nitrogens with zero attached hydrogens (tertiary/aromatic N) is 1. The van der Waals surface area contributed by atoms with Gasteiger partial charge in [-0.3, -0.25) is 4.79 Å². The van der Waals surface area contributed by atoms with Crippen LogP contribution in [0.1, 0.15) is 24.8 Å². The van der Waals surface area contributed by atoms with Crippen LogP contribution in [0.2, 0.25) is 0 Å². The van der Waals surface area contributed by atoms with Gasteiger partial charge in [0.1, 0.15) is 23.1 Å². The minimum Gasteiger partial charge on any atom is -0.496 e. The van der Waals surface area contributed by atoms with E-state index in [1.165, 1.54) is 29.6 Å². The summed E-state index contributed by atoms with van der Waals surface area (Å²) in [4.78, 5) is 12.3. The number of halogens is 2. The van der Waals surface area contributed by atoms with Gasteiger partial charge >= 0.3 is 0 Å². The molecule has 1 amide bonds. The lowest BCUT2D eigenvalue weighted by molar-refractivity contribution is -0.116. The average molecular weight is 424 g/mol. The quantitative estimate of drug-likeness (QED) is 0.740. The Labute approximate surface area is 168 Å². The molecule has 1 heterocycles. The maximum absolute atomic E-state index is 13.7. The zero-order valence-corrected chi connectivity index (χ0v) is 16.8. The van der Waals surface area contributed by atoms with Crippen LogP contribution in [0.15, 0.2) is 41.3 Å². The van der Waals surface area contributed by atoms with Crippen LogP contribution in [0.25, 0.3) is 0 Å². The number of amides is 1. The molecular formula is C20H22F2N2O4S. The maximum atomic E-state index is 13.7. The summed E-state index contributed by atoms with van der Waals surface area (Å²) in [5.74, 6) is -1.89. The highest BCUT2D eigenvalue weighted by atomic mass is 32.2. The van der Waals surface area contributed by atoms with Crippen LogP contribution in [0.3, 0.4) is 0 Å². The Bertz CT molecular complexity index is 985. The Kier molecular flexibility index (Phi) is 6.49. The van der Waals surface area contributed by atoms with Gasteiger partial charge in [0.15, 0.2) is 0 Å². The summed E-state index contributed by atoms with van der Waals surface area (Å²) in [5.41, 5.74) is 0.0201. The number of nitrogens with one attached hydrogen (secondary N) is 1. The summed E-state index contributed by atoms with van der Waals surface area (Å²) in [5, 5.41) is 2.22. The van der Waals surface area contributed by atoms with Crippen molar-refractivity contribution in [1.29, 1.82) is 0 Å². The first-order valence-corrected chi connectivity index (χ1v) is 10.7. The van der Waals surface area contributed by atoms with E-state index in [1.54, 1.807) is 6.07 Å². The Balaban J connectivity index is 1.75. The van der Waals surface area contributed by atoms with Crippen molar-refractivity contribution in [2.24, 2.45) is 0 Å². The third kappa shape index (κ3) is 4.73. The van der Waals surface area contributed by atoms with Crippen molar-refractivity contribution in [3.63, 3.8) is 0 Å². The van der Waals surface area contributed by atoms with Crippen molar-refractivity contribution in [3.05, 3.63) is 53.6 Å². The molecule has 0 unspecified atom stereocenters. The standard InChI is InChI=1S/C20H22F2N2O4S/c1-28-18-9-8-15(29(26,27)24-11-2-3-12-24)13-14(18)7-10-19(25)23-20-16(21)5-4-6-17(20)22/h4-6,8-9,13H,2-3,7,10-12H2,1H3,(H,23,25). The van der Waals surface area contributed by atoms with E-state index in [0.717, 1.165) is 25.0 Å². The van der Waals surface area contributed by atoms with Gasteiger partial charge in [0.2, 0.25) is 15.9 Å². The fourth-order valence-corrected chi connectivity index (χ4v) is 4.82. The molecule has 1 saturated heterocycles. The molecule has 156 valence electrons. The van der Waals surface area contributed by atoms with E-state index >= 15 is 0 Å². The monoisotopic (exact) mass is 424 g/mol. The molecule has 0 aromatic heterocycles. The fraction of sp³-hybridized carbons (Fsp3) is 0.350. The van der Waals surface area contributed by atoms with Gasteiger partial charge in [-0.2, -0.15) is 4.31 Å². The average Bonchev–Trinajstić information content (AvgIpc) is 3.25. The van der Waals surface area contributed by atoms with Crippen LogP contribution in [-0.4, -0.2) is 38.8 Å². The van der Waals surface area contributed by atoms with E-state index < -0.39 is 33.3 Å². The van der Waals surface area contributed by atoms with Crippen molar-refractivity contribution in [1.82, 2.24) is 4.31 Å². The van der Waals surface area contributed by atoms with Crippen molar-refractivity contribution >= 4 is 21.6 Å². The van der Waals surface area contributed by atoms with E-state index in [2.05, 4.69) is 5.32 Å². The topological polar surface area (TPSA) is 75.7 Å². The molecule has 1 aliphatic heterocycles. The first-order chi connectivity index (χ1) is 13.8. The molecule has 0 radical (unpaired) electrons. The molecule has 1 aliphatic rings. The number of benzene rings is 2. The predicted molar refractivity (Wildman–Crippen MR) is 104 cm³/mol. The number of hydrogen-bond acceptors (Lipinski definition) is 4. The third-order valence-electron chi connectivity index (χ3n) is 4.80. The molecule has 2 aromatic carbocycles. The summed E-state index contributed by atoms with van der Waals surface area (Å²) in [6.45, 7) is 0.973. The predicted octanol–water partition coefficient (Wildman–Crippen LogP) is 3.33. The number of sulfonamides is 1. The number of carbonyl (C=O) groups excluding carboxylic acids is 1. The highest BCUT2D eigenvalue weighted by molar-refractivity contribution is 7.89. The Morgan fingerprint density at radius 2 is 1.79 bits per heavy atom. The first kappa shape index (κ1) is 21.2.